The molecular formula is C19H34N2O4S. The highest BCUT2D eigenvalue weighted by molar-refractivity contribution is 7.90. The Kier molecular flexibility index (Phi) is 7.86. The zero-order valence-corrected chi connectivity index (χ0v) is 17.5. The molecule has 0 aromatic heterocycles. The van der Waals surface area contributed by atoms with Crippen molar-refractivity contribution in [2.24, 2.45) is 11.3 Å². The van der Waals surface area contributed by atoms with Crippen LogP contribution in [0.3, 0.4) is 0 Å². The summed E-state index contributed by atoms with van der Waals surface area (Å²) in [5.41, 5.74) is 0.464. The fourth-order valence-corrected chi connectivity index (χ4v) is 4.01. The first-order valence-corrected chi connectivity index (χ1v) is 11.3. The van der Waals surface area contributed by atoms with Crippen molar-refractivity contribution < 1.29 is 18.0 Å². The molecule has 2 unspecified atom stereocenters. The van der Waals surface area contributed by atoms with Crippen molar-refractivity contribution in [2.75, 3.05) is 12.0 Å². The first-order chi connectivity index (χ1) is 11.8. The zero-order valence-electron chi connectivity index (χ0n) is 16.7. The SMILES string of the molecule is C=C(C)C(=O)N[C@@H](CCS(C)(=O)=O)C(=O)NC1CCCC(C)(C(C)C)C1. The molecular weight excluding hydrogens is 352 g/mol. The van der Waals surface area contributed by atoms with Crippen molar-refractivity contribution in [3.05, 3.63) is 12.2 Å². The monoisotopic (exact) mass is 386 g/mol. The molecule has 2 N–H and O–H groups in total. The van der Waals surface area contributed by atoms with E-state index in [2.05, 4.69) is 38.0 Å². The van der Waals surface area contributed by atoms with Gasteiger partial charge in [-0.25, -0.2) is 8.42 Å². The van der Waals surface area contributed by atoms with E-state index in [0.29, 0.717) is 5.92 Å². The highest BCUT2D eigenvalue weighted by Gasteiger charge is 2.36. The van der Waals surface area contributed by atoms with Gasteiger partial charge < -0.3 is 10.6 Å². The third-order valence-corrected chi connectivity index (χ3v) is 6.52. The maximum absolute atomic E-state index is 12.7. The van der Waals surface area contributed by atoms with E-state index < -0.39 is 21.8 Å². The first-order valence-electron chi connectivity index (χ1n) is 9.28. The molecule has 0 aromatic rings. The van der Waals surface area contributed by atoms with Crippen LogP contribution in [0, 0.1) is 11.3 Å². The minimum atomic E-state index is -3.23. The van der Waals surface area contributed by atoms with Gasteiger partial charge in [0, 0.05) is 17.9 Å². The smallest absolute Gasteiger partial charge is 0.246 e. The molecule has 26 heavy (non-hydrogen) atoms. The van der Waals surface area contributed by atoms with Crippen molar-refractivity contribution in [1.29, 1.82) is 0 Å². The lowest BCUT2D eigenvalue weighted by Crippen LogP contribution is -2.52. The van der Waals surface area contributed by atoms with E-state index in [9.17, 15) is 18.0 Å². The van der Waals surface area contributed by atoms with Gasteiger partial charge >= 0.3 is 0 Å². The van der Waals surface area contributed by atoms with Crippen molar-refractivity contribution in [3.8, 4) is 0 Å². The summed E-state index contributed by atoms with van der Waals surface area (Å²) in [7, 11) is -3.23. The Morgan fingerprint density at radius 3 is 2.42 bits per heavy atom. The zero-order chi connectivity index (χ0) is 20.1. The lowest BCUT2D eigenvalue weighted by molar-refractivity contribution is -0.128. The van der Waals surface area contributed by atoms with Crippen LogP contribution < -0.4 is 10.6 Å². The van der Waals surface area contributed by atoms with E-state index in [4.69, 9.17) is 0 Å². The second-order valence-corrected chi connectivity index (χ2v) is 10.6. The van der Waals surface area contributed by atoms with Gasteiger partial charge in [-0.15, -0.1) is 0 Å². The minimum Gasteiger partial charge on any atom is -0.352 e. The Labute approximate surface area is 158 Å². The summed E-state index contributed by atoms with van der Waals surface area (Å²) in [6, 6.07) is -0.827. The van der Waals surface area contributed by atoms with Crippen LogP contribution in [-0.4, -0.2) is 44.3 Å². The van der Waals surface area contributed by atoms with Crippen LogP contribution in [0.2, 0.25) is 0 Å². The largest absolute Gasteiger partial charge is 0.352 e. The predicted molar refractivity (Wildman–Crippen MR) is 104 cm³/mol. The Morgan fingerprint density at radius 2 is 1.92 bits per heavy atom. The topological polar surface area (TPSA) is 92.3 Å². The summed E-state index contributed by atoms with van der Waals surface area (Å²) in [4.78, 5) is 24.6. The van der Waals surface area contributed by atoms with E-state index >= 15 is 0 Å². The number of amides is 2. The van der Waals surface area contributed by atoms with Gasteiger partial charge in [-0.2, -0.15) is 0 Å². The lowest BCUT2D eigenvalue weighted by atomic mass is 9.67. The number of sulfone groups is 1. The first kappa shape index (κ1) is 22.7. The molecule has 6 nitrogen and oxygen atoms in total. The fraction of sp³-hybridized carbons (Fsp3) is 0.789. The van der Waals surface area contributed by atoms with Gasteiger partial charge in [0.25, 0.3) is 0 Å². The molecule has 1 aliphatic carbocycles. The molecule has 0 saturated heterocycles. The maximum Gasteiger partial charge on any atom is 0.246 e. The summed E-state index contributed by atoms with van der Waals surface area (Å²) in [5, 5.41) is 5.64. The van der Waals surface area contributed by atoms with Gasteiger partial charge in [0.2, 0.25) is 11.8 Å². The van der Waals surface area contributed by atoms with Crippen LogP contribution in [0.4, 0.5) is 0 Å². The summed E-state index contributed by atoms with van der Waals surface area (Å²) in [5.74, 6) is -0.391. The molecule has 0 heterocycles. The molecule has 150 valence electrons. The molecule has 1 aliphatic rings. The average molecular weight is 387 g/mol. The highest BCUT2D eigenvalue weighted by atomic mass is 32.2. The van der Waals surface area contributed by atoms with Crippen molar-refractivity contribution in [2.45, 2.75) is 71.9 Å². The van der Waals surface area contributed by atoms with E-state index in [1.54, 1.807) is 6.92 Å². The van der Waals surface area contributed by atoms with Gasteiger partial charge in [-0.3, -0.25) is 9.59 Å². The molecule has 1 saturated carbocycles. The van der Waals surface area contributed by atoms with Crippen molar-refractivity contribution in [1.82, 2.24) is 10.6 Å². The normalized spacial score (nSPS) is 24.8. The second-order valence-electron chi connectivity index (χ2n) is 8.34. The van der Waals surface area contributed by atoms with E-state index in [1.807, 2.05) is 0 Å². The number of hydrogen-bond donors (Lipinski definition) is 2. The van der Waals surface area contributed by atoms with Crippen molar-refractivity contribution >= 4 is 21.7 Å². The molecule has 0 spiro atoms. The van der Waals surface area contributed by atoms with Gasteiger partial charge in [-0.05, 0) is 43.9 Å². The standard InChI is InChI=1S/C19H34N2O4S/c1-13(2)17(22)21-16(9-11-26(6,24)25)18(23)20-15-8-7-10-19(5,12-15)14(3)4/h14-16H,1,7-12H2,2-6H3,(H,20,23)(H,21,22)/t15?,16-,19?/m0/s1. The van der Waals surface area contributed by atoms with E-state index in [1.165, 1.54) is 0 Å². The summed E-state index contributed by atoms with van der Waals surface area (Å²) in [6.45, 7) is 11.8. The molecule has 1 rings (SSSR count). The Balaban J connectivity index is 2.80. The van der Waals surface area contributed by atoms with E-state index in [0.717, 1.165) is 31.9 Å². The quantitative estimate of drug-likeness (QED) is 0.626. The second kappa shape index (κ2) is 9.02. The molecule has 7 heteroatoms. The number of rotatable bonds is 8. The lowest BCUT2D eigenvalue weighted by Gasteiger charge is -2.42. The molecule has 1 fully saturated rings. The van der Waals surface area contributed by atoms with Crippen molar-refractivity contribution in [3.63, 3.8) is 0 Å². The van der Waals surface area contributed by atoms with Gasteiger partial charge in [-0.1, -0.05) is 33.8 Å². The number of nitrogens with one attached hydrogen (secondary N) is 2. The van der Waals surface area contributed by atoms with Gasteiger partial charge in [0.05, 0.1) is 5.75 Å². The fourth-order valence-electron chi connectivity index (χ4n) is 3.35. The molecule has 0 aliphatic heterocycles. The number of hydrogen-bond acceptors (Lipinski definition) is 4. The minimum absolute atomic E-state index is 0.0473. The third-order valence-electron chi connectivity index (χ3n) is 5.54. The van der Waals surface area contributed by atoms with Gasteiger partial charge in [0.15, 0.2) is 0 Å². The predicted octanol–water partition coefficient (Wildman–Crippen LogP) is 2.20. The van der Waals surface area contributed by atoms with Gasteiger partial charge in [0.1, 0.15) is 15.9 Å². The number of carbonyl (C=O) groups is 2. The summed E-state index contributed by atoms with van der Waals surface area (Å²) < 4.78 is 22.9. The Hall–Kier alpha value is -1.37. The summed E-state index contributed by atoms with van der Waals surface area (Å²) >= 11 is 0. The van der Waals surface area contributed by atoms with Crippen LogP contribution >= 0.6 is 0 Å². The number of carbonyl (C=O) groups excluding carboxylic acids is 2. The Morgan fingerprint density at radius 1 is 1.31 bits per heavy atom. The van der Waals surface area contributed by atoms with Crippen LogP contribution in [0.15, 0.2) is 12.2 Å². The average Bonchev–Trinajstić information content (AvgIpc) is 2.49. The molecule has 0 bridgehead atoms. The maximum atomic E-state index is 12.7. The molecule has 0 radical (unpaired) electrons. The molecule has 3 atom stereocenters. The summed E-state index contributed by atoms with van der Waals surface area (Å²) in [6.07, 6.45) is 5.16. The Bertz CT molecular complexity index is 642. The van der Waals surface area contributed by atoms with E-state index in [-0.39, 0.29) is 35.1 Å². The molecule has 0 aromatic carbocycles. The van der Waals surface area contributed by atoms with Crippen LogP contribution in [0.5, 0.6) is 0 Å². The van der Waals surface area contributed by atoms with Crippen LogP contribution in [-0.2, 0) is 19.4 Å². The van der Waals surface area contributed by atoms with Crippen LogP contribution in [0.1, 0.15) is 59.8 Å². The highest BCUT2D eigenvalue weighted by Crippen LogP contribution is 2.41. The molecule has 2 amide bonds. The third kappa shape index (κ3) is 7.09. The van der Waals surface area contributed by atoms with Crippen LogP contribution in [0.25, 0.3) is 0 Å².